The first-order chi connectivity index (χ1) is 15.3. The van der Waals surface area contributed by atoms with Gasteiger partial charge >= 0.3 is 0 Å². The van der Waals surface area contributed by atoms with Crippen molar-refractivity contribution in [3.63, 3.8) is 0 Å². The van der Waals surface area contributed by atoms with Gasteiger partial charge in [0, 0.05) is 5.57 Å². The van der Waals surface area contributed by atoms with Crippen molar-refractivity contribution in [2.24, 2.45) is 11.8 Å². The van der Waals surface area contributed by atoms with E-state index < -0.39 is 40.9 Å². The Morgan fingerprint density at radius 1 is 0.758 bits per heavy atom. The lowest BCUT2D eigenvalue weighted by Gasteiger charge is -2.19. The smallest absolute Gasteiger partial charge is 0.200 e. The molecule has 1 N–H and O–H groups in total. The molecule has 0 heterocycles. The molecule has 6 heteroatoms. The maximum absolute atomic E-state index is 14.5. The second-order valence-electron chi connectivity index (χ2n) is 7.14. The van der Waals surface area contributed by atoms with Crippen molar-refractivity contribution in [1.82, 2.24) is 0 Å². The van der Waals surface area contributed by atoms with E-state index in [0.29, 0.717) is 12.8 Å². The summed E-state index contributed by atoms with van der Waals surface area (Å²) in [5.41, 5.74) is -0.436. The number of aliphatic hydroxyl groups excluding tert-OH is 1. The molecule has 0 amide bonds. The van der Waals surface area contributed by atoms with Crippen LogP contribution in [0.5, 0.6) is 0 Å². The molecule has 182 valence electrons. The SMILES string of the molecule is C=C.C=C(O)/C=C\C(=C)C(=C)/C(F)=C(/F)C(=C)C(C)CCC(C)C(=C)/C(F)=C(/F)C(=C)OC. The zero-order valence-electron chi connectivity index (χ0n) is 19.7. The zero-order valence-corrected chi connectivity index (χ0v) is 19.7. The molecule has 0 aromatic heterocycles. The Kier molecular flexibility index (Phi) is 15.0. The van der Waals surface area contributed by atoms with E-state index >= 15 is 0 Å². The normalized spacial score (nSPS) is 14.0. The fraction of sp³-hybridized carbons (Fsp3) is 0.259. The van der Waals surface area contributed by atoms with Gasteiger partial charge < -0.3 is 9.84 Å². The van der Waals surface area contributed by atoms with E-state index in [1.165, 1.54) is 19.3 Å². The van der Waals surface area contributed by atoms with Gasteiger partial charge in [0.15, 0.2) is 23.3 Å². The molecule has 0 aliphatic carbocycles. The summed E-state index contributed by atoms with van der Waals surface area (Å²) in [6, 6.07) is 0. The zero-order chi connectivity index (χ0) is 26.5. The Hall–Kier alpha value is -3.28. The number of halogens is 4. The second kappa shape index (κ2) is 15.5. The predicted octanol–water partition coefficient (Wildman–Crippen LogP) is 9.15. The third-order valence-corrected chi connectivity index (χ3v) is 4.79. The summed E-state index contributed by atoms with van der Waals surface area (Å²) in [5, 5.41) is 9.03. The molecule has 0 aromatic rings. The Morgan fingerprint density at radius 3 is 1.52 bits per heavy atom. The van der Waals surface area contributed by atoms with Crippen molar-refractivity contribution >= 4 is 0 Å². The van der Waals surface area contributed by atoms with Crippen molar-refractivity contribution in [3.8, 4) is 0 Å². The summed E-state index contributed by atoms with van der Waals surface area (Å²) in [6.45, 7) is 30.0. The number of allylic oxidation sites excluding steroid dienone is 10. The van der Waals surface area contributed by atoms with Crippen LogP contribution in [0.25, 0.3) is 0 Å². The lowest BCUT2D eigenvalue weighted by atomic mass is 9.88. The number of rotatable bonds is 13. The molecule has 0 aliphatic heterocycles. The number of hydrogen-bond acceptors (Lipinski definition) is 2. The molecule has 0 aromatic carbocycles. The van der Waals surface area contributed by atoms with Gasteiger partial charge in [-0.25, -0.2) is 13.2 Å². The van der Waals surface area contributed by atoms with Crippen LogP contribution in [0.1, 0.15) is 26.7 Å². The van der Waals surface area contributed by atoms with Gasteiger partial charge in [-0.1, -0.05) is 59.4 Å². The van der Waals surface area contributed by atoms with Crippen molar-refractivity contribution in [1.29, 1.82) is 0 Å². The van der Waals surface area contributed by atoms with Gasteiger partial charge in [-0.2, -0.15) is 4.39 Å². The van der Waals surface area contributed by atoms with Gasteiger partial charge in [0.05, 0.1) is 7.11 Å². The van der Waals surface area contributed by atoms with Gasteiger partial charge in [-0.05, 0) is 47.5 Å². The Labute approximate surface area is 195 Å². The van der Waals surface area contributed by atoms with Crippen LogP contribution in [0, 0.1) is 11.8 Å². The third-order valence-electron chi connectivity index (χ3n) is 4.79. The van der Waals surface area contributed by atoms with Gasteiger partial charge in [-0.15, -0.1) is 13.2 Å². The van der Waals surface area contributed by atoms with Crippen LogP contribution < -0.4 is 0 Å². The minimum atomic E-state index is -1.23. The molecule has 0 saturated heterocycles. The summed E-state index contributed by atoms with van der Waals surface area (Å²) in [4.78, 5) is 0. The standard InChI is InChI=1S/C25H30F4O2.C2H4/c1-14(10-11-15(2)20(7)24(28)25(29)21(8)31-9)18(5)22(26)23(27)19(6)16(3)12-13-17(4)30;1-2/h12-15,30H,3-8,10-11H2,1-2,9H3;1-2H2/b13-12-,23-22-,25-24-;. The highest BCUT2D eigenvalue weighted by Gasteiger charge is 2.22. The van der Waals surface area contributed by atoms with Crippen LogP contribution in [0.15, 0.2) is 122 Å². The molecule has 0 radical (unpaired) electrons. The van der Waals surface area contributed by atoms with Crippen LogP contribution in [0.4, 0.5) is 17.6 Å². The second-order valence-corrected chi connectivity index (χ2v) is 7.14. The first-order valence-electron chi connectivity index (χ1n) is 9.92. The highest BCUT2D eigenvalue weighted by molar-refractivity contribution is 5.50. The van der Waals surface area contributed by atoms with E-state index in [2.05, 4.69) is 57.4 Å². The minimum Gasteiger partial charge on any atom is -0.509 e. The fourth-order valence-electron chi connectivity index (χ4n) is 2.35. The van der Waals surface area contributed by atoms with Crippen LogP contribution >= 0.6 is 0 Å². The van der Waals surface area contributed by atoms with E-state index in [-0.39, 0.29) is 28.1 Å². The average Bonchev–Trinajstić information content (AvgIpc) is 2.82. The average molecular weight is 467 g/mol. The lowest BCUT2D eigenvalue weighted by Crippen LogP contribution is -2.07. The molecule has 0 spiro atoms. The summed E-state index contributed by atoms with van der Waals surface area (Å²) in [5.74, 6) is -6.48. The molecular formula is C27H34F4O2. The molecule has 2 nitrogen and oxygen atoms in total. The molecule has 0 aliphatic rings. The Morgan fingerprint density at radius 2 is 1.15 bits per heavy atom. The van der Waals surface area contributed by atoms with E-state index in [4.69, 9.17) is 5.11 Å². The van der Waals surface area contributed by atoms with Crippen LogP contribution in [0.2, 0.25) is 0 Å². The third kappa shape index (κ3) is 10.3. The van der Waals surface area contributed by atoms with E-state index in [1.54, 1.807) is 13.8 Å². The van der Waals surface area contributed by atoms with Crippen LogP contribution in [-0.4, -0.2) is 12.2 Å². The molecule has 2 atom stereocenters. The van der Waals surface area contributed by atoms with Crippen molar-refractivity contribution in [2.75, 3.05) is 7.11 Å². The molecule has 2 unspecified atom stereocenters. The van der Waals surface area contributed by atoms with Crippen LogP contribution in [0.3, 0.4) is 0 Å². The summed E-state index contributed by atoms with van der Waals surface area (Å²) in [7, 11) is 1.17. The van der Waals surface area contributed by atoms with Crippen molar-refractivity contribution in [2.45, 2.75) is 26.7 Å². The molecule has 0 saturated carbocycles. The highest BCUT2D eigenvalue weighted by Crippen LogP contribution is 2.34. The predicted molar refractivity (Wildman–Crippen MR) is 131 cm³/mol. The van der Waals surface area contributed by atoms with Crippen molar-refractivity contribution < 1.29 is 27.4 Å². The number of hydrogen-bond donors (Lipinski definition) is 1. The topological polar surface area (TPSA) is 29.5 Å². The van der Waals surface area contributed by atoms with Gasteiger partial charge in [0.2, 0.25) is 0 Å². The first-order valence-corrected chi connectivity index (χ1v) is 9.92. The monoisotopic (exact) mass is 466 g/mol. The van der Waals surface area contributed by atoms with E-state index in [9.17, 15) is 17.6 Å². The Balaban J connectivity index is 0. The number of methoxy groups -OCH3 is 1. The molecular weight excluding hydrogens is 432 g/mol. The summed E-state index contributed by atoms with van der Waals surface area (Å²) in [6.07, 6.45) is 3.06. The molecule has 0 rings (SSSR count). The Bertz CT molecular complexity index is 888. The van der Waals surface area contributed by atoms with Gasteiger partial charge in [0.1, 0.15) is 11.5 Å². The molecule has 33 heavy (non-hydrogen) atoms. The minimum absolute atomic E-state index is 0.0511. The van der Waals surface area contributed by atoms with Crippen LogP contribution in [-0.2, 0) is 4.74 Å². The van der Waals surface area contributed by atoms with Gasteiger partial charge in [0.25, 0.3) is 0 Å². The van der Waals surface area contributed by atoms with Crippen molar-refractivity contribution in [3.05, 3.63) is 122 Å². The highest BCUT2D eigenvalue weighted by atomic mass is 19.2. The molecule has 0 fully saturated rings. The number of ether oxygens (including phenoxy) is 1. The number of aliphatic hydroxyl groups is 1. The lowest BCUT2D eigenvalue weighted by molar-refractivity contribution is 0.280. The summed E-state index contributed by atoms with van der Waals surface area (Å²) < 4.78 is 61.5. The summed E-state index contributed by atoms with van der Waals surface area (Å²) >= 11 is 0. The van der Waals surface area contributed by atoms with E-state index in [0.717, 1.165) is 0 Å². The fourth-order valence-corrected chi connectivity index (χ4v) is 2.35. The largest absolute Gasteiger partial charge is 0.509 e. The first kappa shape index (κ1) is 31.9. The maximum Gasteiger partial charge on any atom is 0.200 e. The quantitative estimate of drug-likeness (QED) is 0.127. The van der Waals surface area contributed by atoms with E-state index in [1.807, 2.05) is 0 Å². The molecule has 0 bridgehead atoms. The van der Waals surface area contributed by atoms with Gasteiger partial charge in [-0.3, -0.25) is 0 Å². The maximum atomic E-state index is 14.5.